The first kappa shape index (κ1) is 24.1. The van der Waals surface area contributed by atoms with Crippen molar-refractivity contribution in [3.63, 3.8) is 0 Å². The van der Waals surface area contributed by atoms with E-state index in [1.165, 1.54) is 4.31 Å². The summed E-state index contributed by atoms with van der Waals surface area (Å²) in [6, 6.07) is 5.32. The highest BCUT2D eigenvalue weighted by Gasteiger charge is 2.27. The van der Waals surface area contributed by atoms with Crippen molar-refractivity contribution < 1.29 is 18.0 Å². The summed E-state index contributed by atoms with van der Waals surface area (Å²) in [4.78, 5) is 29.1. The van der Waals surface area contributed by atoms with Crippen molar-refractivity contribution in [2.75, 3.05) is 57.7 Å². The normalized spacial score (nSPS) is 21.0. The summed E-state index contributed by atoms with van der Waals surface area (Å²) in [6.45, 7) is 6.52. The lowest BCUT2D eigenvalue weighted by molar-refractivity contribution is -0.123. The van der Waals surface area contributed by atoms with E-state index in [0.29, 0.717) is 44.5 Å². The zero-order chi connectivity index (χ0) is 23.4. The summed E-state index contributed by atoms with van der Waals surface area (Å²) in [5.74, 6) is -0.0795. The van der Waals surface area contributed by atoms with Gasteiger partial charge in [-0.25, -0.2) is 8.42 Å². The summed E-state index contributed by atoms with van der Waals surface area (Å²) in [5, 5.41) is 5.91. The molecule has 2 N–H and O–H groups in total. The van der Waals surface area contributed by atoms with Gasteiger partial charge in [0.15, 0.2) is 0 Å². The highest BCUT2D eigenvalue weighted by molar-refractivity contribution is 7.89. The zero-order valence-electron chi connectivity index (χ0n) is 19.4. The number of nitrogens with one attached hydrogen (secondary N) is 2. The van der Waals surface area contributed by atoms with E-state index in [2.05, 4.69) is 20.4 Å². The Bertz CT molecular complexity index is 965. The van der Waals surface area contributed by atoms with Crippen molar-refractivity contribution in [2.45, 2.75) is 50.0 Å². The first-order chi connectivity index (χ1) is 15.8. The number of benzene rings is 1. The molecule has 1 aromatic rings. The summed E-state index contributed by atoms with van der Waals surface area (Å²) in [6.07, 6.45) is 4.99. The standard InChI is InChI=1S/C23H35N5O4S/c1-18-5-8-20(33(31,32)28-9-3-2-4-10-28)15-21(18)25-23(30)17-27-13-11-26(12-14-27)16-22(29)24-19-6-7-19/h5,8,15,19H,2-4,6-7,9-14,16-17H2,1H3,(H,24,29)(H,25,30). The summed E-state index contributed by atoms with van der Waals surface area (Å²) >= 11 is 0. The molecule has 2 heterocycles. The lowest BCUT2D eigenvalue weighted by Gasteiger charge is -2.33. The van der Waals surface area contributed by atoms with Gasteiger partial charge in [-0.15, -0.1) is 0 Å². The number of piperidine rings is 1. The van der Waals surface area contributed by atoms with E-state index < -0.39 is 10.0 Å². The molecule has 3 aliphatic rings. The van der Waals surface area contributed by atoms with Crippen molar-refractivity contribution in [3.05, 3.63) is 23.8 Å². The van der Waals surface area contributed by atoms with Crippen LogP contribution in [0.3, 0.4) is 0 Å². The topological polar surface area (TPSA) is 102 Å². The molecule has 0 atom stereocenters. The third-order valence-electron chi connectivity index (χ3n) is 6.58. The van der Waals surface area contributed by atoms with Crippen LogP contribution in [0.4, 0.5) is 5.69 Å². The van der Waals surface area contributed by atoms with Crippen LogP contribution in [-0.4, -0.2) is 92.7 Å². The fraction of sp³-hybridized carbons (Fsp3) is 0.652. The molecule has 10 heteroatoms. The van der Waals surface area contributed by atoms with Gasteiger partial charge in [-0.3, -0.25) is 19.4 Å². The predicted molar refractivity (Wildman–Crippen MR) is 126 cm³/mol. The Balaban J connectivity index is 1.28. The van der Waals surface area contributed by atoms with E-state index in [4.69, 9.17) is 0 Å². The molecule has 1 saturated carbocycles. The van der Waals surface area contributed by atoms with Crippen LogP contribution in [0.25, 0.3) is 0 Å². The number of amides is 2. The van der Waals surface area contributed by atoms with Crippen molar-refractivity contribution in [1.29, 1.82) is 0 Å². The van der Waals surface area contributed by atoms with E-state index in [1.54, 1.807) is 18.2 Å². The highest BCUT2D eigenvalue weighted by Crippen LogP contribution is 2.25. The van der Waals surface area contributed by atoms with Crippen molar-refractivity contribution in [2.24, 2.45) is 0 Å². The second-order valence-corrected chi connectivity index (χ2v) is 11.3. The predicted octanol–water partition coefficient (Wildman–Crippen LogP) is 1.00. The Morgan fingerprint density at radius 1 is 0.909 bits per heavy atom. The van der Waals surface area contributed by atoms with Gasteiger partial charge < -0.3 is 10.6 Å². The molecule has 2 aliphatic heterocycles. The maximum atomic E-state index is 13.0. The van der Waals surface area contributed by atoms with E-state index in [1.807, 2.05) is 6.92 Å². The molecule has 9 nitrogen and oxygen atoms in total. The van der Waals surface area contributed by atoms with Crippen LogP contribution in [0, 0.1) is 6.92 Å². The molecule has 0 unspecified atom stereocenters. The van der Waals surface area contributed by atoms with Gasteiger partial charge in [0.2, 0.25) is 21.8 Å². The van der Waals surface area contributed by atoms with E-state index in [0.717, 1.165) is 50.8 Å². The first-order valence-corrected chi connectivity index (χ1v) is 13.4. The second kappa shape index (κ2) is 10.5. The molecule has 182 valence electrons. The number of hydrogen-bond acceptors (Lipinski definition) is 6. The van der Waals surface area contributed by atoms with Crippen molar-refractivity contribution in [3.8, 4) is 0 Å². The minimum atomic E-state index is -3.55. The van der Waals surface area contributed by atoms with Gasteiger partial charge in [0.1, 0.15) is 0 Å². The Hall–Kier alpha value is -2.01. The lowest BCUT2D eigenvalue weighted by Crippen LogP contribution is -2.51. The Labute approximate surface area is 196 Å². The molecule has 4 rings (SSSR count). The fourth-order valence-corrected chi connectivity index (χ4v) is 5.90. The van der Waals surface area contributed by atoms with Gasteiger partial charge in [-0.1, -0.05) is 12.5 Å². The maximum Gasteiger partial charge on any atom is 0.243 e. The van der Waals surface area contributed by atoms with Crippen LogP contribution in [0.2, 0.25) is 0 Å². The molecular weight excluding hydrogens is 442 g/mol. The molecule has 3 fully saturated rings. The minimum Gasteiger partial charge on any atom is -0.352 e. The van der Waals surface area contributed by atoms with Crippen LogP contribution in [-0.2, 0) is 19.6 Å². The molecule has 0 bridgehead atoms. The highest BCUT2D eigenvalue weighted by atomic mass is 32.2. The maximum absolute atomic E-state index is 13.0. The number of piperazine rings is 1. The van der Waals surface area contributed by atoms with Gasteiger partial charge in [-0.05, 0) is 50.3 Å². The Kier molecular flexibility index (Phi) is 7.68. The average Bonchev–Trinajstić information content (AvgIpc) is 3.61. The van der Waals surface area contributed by atoms with Crippen LogP contribution in [0.5, 0.6) is 0 Å². The van der Waals surface area contributed by atoms with E-state index in [9.17, 15) is 18.0 Å². The van der Waals surface area contributed by atoms with Gasteiger partial charge in [0.05, 0.1) is 18.0 Å². The lowest BCUT2D eigenvalue weighted by atomic mass is 10.2. The van der Waals surface area contributed by atoms with Crippen LogP contribution < -0.4 is 10.6 Å². The first-order valence-electron chi connectivity index (χ1n) is 12.0. The molecule has 2 amide bonds. The number of carbonyl (C=O) groups excluding carboxylic acids is 2. The van der Waals surface area contributed by atoms with E-state index in [-0.39, 0.29) is 23.3 Å². The van der Waals surface area contributed by atoms with Gasteiger partial charge >= 0.3 is 0 Å². The summed E-state index contributed by atoms with van der Waals surface area (Å²) < 4.78 is 27.5. The third kappa shape index (κ3) is 6.53. The number of anilines is 1. The van der Waals surface area contributed by atoms with Gasteiger partial charge in [-0.2, -0.15) is 4.31 Å². The van der Waals surface area contributed by atoms with Gasteiger partial charge in [0, 0.05) is 51.0 Å². The second-order valence-electron chi connectivity index (χ2n) is 9.38. The number of rotatable bonds is 8. The minimum absolute atomic E-state index is 0.0820. The molecule has 2 saturated heterocycles. The van der Waals surface area contributed by atoms with Crippen molar-refractivity contribution >= 4 is 27.5 Å². The molecule has 0 aromatic heterocycles. The molecule has 33 heavy (non-hydrogen) atoms. The third-order valence-corrected chi connectivity index (χ3v) is 8.47. The van der Waals surface area contributed by atoms with E-state index >= 15 is 0 Å². The molecule has 0 radical (unpaired) electrons. The largest absolute Gasteiger partial charge is 0.352 e. The van der Waals surface area contributed by atoms with Crippen LogP contribution in [0.1, 0.15) is 37.7 Å². The summed E-state index contributed by atoms with van der Waals surface area (Å²) in [7, 11) is -3.55. The molecule has 1 aromatic carbocycles. The number of hydrogen-bond donors (Lipinski definition) is 2. The Morgan fingerprint density at radius 2 is 1.52 bits per heavy atom. The quantitative estimate of drug-likeness (QED) is 0.579. The molecular formula is C23H35N5O4S. The SMILES string of the molecule is Cc1ccc(S(=O)(=O)N2CCCCC2)cc1NC(=O)CN1CCN(CC(=O)NC2CC2)CC1. The monoisotopic (exact) mass is 477 g/mol. The van der Waals surface area contributed by atoms with Gasteiger partial charge in [0.25, 0.3) is 0 Å². The number of carbonyl (C=O) groups is 2. The van der Waals surface area contributed by atoms with Crippen LogP contribution >= 0.6 is 0 Å². The summed E-state index contributed by atoms with van der Waals surface area (Å²) in [5.41, 5.74) is 1.36. The zero-order valence-corrected chi connectivity index (χ0v) is 20.2. The number of sulfonamides is 1. The molecule has 1 aliphatic carbocycles. The Morgan fingerprint density at radius 3 is 2.12 bits per heavy atom. The van der Waals surface area contributed by atoms with Crippen molar-refractivity contribution in [1.82, 2.24) is 19.4 Å². The number of nitrogens with zero attached hydrogens (tertiary/aromatic N) is 3. The van der Waals surface area contributed by atoms with Crippen LogP contribution in [0.15, 0.2) is 23.1 Å². The fourth-order valence-electron chi connectivity index (χ4n) is 4.35. The number of aryl methyl sites for hydroxylation is 1. The average molecular weight is 478 g/mol. The molecule has 0 spiro atoms. The smallest absolute Gasteiger partial charge is 0.243 e.